The summed E-state index contributed by atoms with van der Waals surface area (Å²) in [7, 11) is -1.23. The van der Waals surface area contributed by atoms with E-state index in [-0.39, 0.29) is 5.75 Å². The van der Waals surface area contributed by atoms with Crippen molar-refractivity contribution in [2.75, 3.05) is 38.8 Å². The van der Waals surface area contributed by atoms with Crippen LogP contribution in [-0.2, 0) is 9.84 Å². The minimum absolute atomic E-state index is 0.222. The Hall–Kier alpha value is -1.27. The topological polar surface area (TPSA) is 64.6 Å². The van der Waals surface area contributed by atoms with E-state index in [1.807, 2.05) is 24.3 Å². The van der Waals surface area contributed by atoms with Crippen LogP contribution in [0.1, 0.15) is 6.42 Å². The summed E-state index contributed by atoms with van der Waals surface area (Å²) in [5.41, 5.74) is 0. The number of hydrogen-bond acceptors (Lipinski definition) is 5. The van der Waals surface area contributed by atoms with Crippen molar-refractivity contribution in [3.8, 4) is 11.5 Å². The lowest BCUT2D eigenvalue weighted by atomic mass is 10.3. The van der Waals surface area contributed by atoms with Crippen LogP contribution in [0.3, 0.4) is 0 Å². The van der Waals surface area contributed by atoms with Gasteiger partial charge in [-0.25, -0.2) is 8.42 Å². The minimum Gasteiger partial charge on any atom is -0.497 e. The van der Waals surface area contributed by atoms with Crippen LogP contribution >= 0.6 is 0 Å². The second-order valence-electron chi connectivity index (χ2n) is 4.26. The van der Waals surface area contributed by atoms with Crippen molar-refractivity contribution in [3.63, 3.8) is 0 Å². The summed E-state index contributed by atoms with van der Waals surface area (Å²) in [6, 6.07) is 7.38. The van der Waals surface area contributed by atoms with Gasteiger partial charge >= 0.3 is 0 Å². The molecule has 0 unspecified atom stereocenters. The third kappa shape index (κ3) is 7.69. The fraction of sp³-hybridized carbons (Fsp3) is 0.538. The summed E-state index contributed by atoms with van der Waals surface area (Å²) in [6.45, 7) is 1.92. The summed E-state index contributed by atoms with van der Waals surface area (Å²) in [6.07, 6.45) is 1.88. The van der Waals surface area contributed by atoms with Gasteiger partial charge in [0.15, 0.2) is 0 Å². The Morgan fingerprint density at radius 2 is 1.74 bits per heavy atom. The molecule has 0 saturated carbocycles. The van der Waals surface area contributed by atoms with Crippen LogP contribution in [0.2, 0.25) is 0 Å². The lowest BCUT2D eigenvalue weighted by Crippen LogP contribution is -2.23. The van der Waals surface area contributed by atoms with Crippen LogP contribution in [0.15, 0.2) is 24.3 Å². The van der Waals surface area contributed by atoms with E-state index < -0.39 is 9.84 Å². The molecule has 0 aliphatic rings. The van der Waals surface area contributed by atoms with Crippen molar-refractivity contribution in [3.05, 3.63) is 24.3 Å². The van der Waals surface area contributed by atoms with Crippen molar-refractivity contribution >= 4 is 9.84 Å². The Morgan fingerprint density at radius 3 is 2.32 bits per heavy atom. The molecule has 1 aromatic carbocycles. The summed E-state index contributed by atoms with van der Waals surface area (Å²) in [4.78, 5) is 0. The number of methoxy groups -OCH3 is 1. The van der Waals surface area contributed by atoms with Gasteiger partial charge < -0.3 is 14.8 Å². The second kappa shape index (κ2) is 8.01. The van der Waals surface area contributed by atoms with E-state index in [1.54, 1.807) is 7.11 Å². The Kier molecular flexibility index (Phi) is 6.66. The molecule has 0 bridgehead atoms. The van der Waals surface area contributed by atoms with Crippen LogP contribution in [0.25, 0.3) is 0 Å². The van der Waals surface area contributed by atoms with Gasteiger partial charge in [0.1, 0.15) is 27.9 Å². The smallest absolute Gasteiger partial charge is 0.147 e. The maximum Gasteiger partial charge on any atom is 0.147 e. The first-order valence-electron chi connectivity index (χ1n) is 6.16. The summed E-state index contributed by atoms with van der Waals surface area (Å²) in [5.74, 6) is 1.81. The van der Waals surface area contributed by atoms with Gasteiger partial charge in [0, 0.05) is 12.8 Å². The van der Waals surface area contributed by atoms with Crippen molar-refractivity contribution < 1.29 is 17.9 Å². The molecule has 0 radical (unpaired) electrons. The standard InChI is InChI=1S/C13H21NO4S/c1-17-12-4-6-13(7-5-12)18-10-9-14-8-3-11-19(2,15)16/h4-7,14H,3,8-11H2,1-2H3. The van der Waals surface area contributed by atoms with Gasteiger partial charge in [-0.05, 0) is 37.2 Å². The van der Waals surface area contributed by atoms with Gasteiger partial charge in [0.2, 0.25) is 0 Å². The number of nitrogens with one attached hydrogen (secondary N) is 1. The van der Waals surface area contributed by atoms with Crippen molar-refractivity contribution in [1.82, 2.24) is 5.32 Å². The lowest BCUT2D eigenvalue weighted by molar-refractivity contribution is 0.313. The molecular weight excluding hydrogens is 266 g/mol. The Morgan fingerprint density at radius 1 is 1.11 bits per heavy atom. The van der Waals surface area contributed by atoms with Crippen molar-refractivity contribution in [2.24, 2.45) is 0 Å². The van der Waals surface area contributed by atoms with Gasteiger partial charge in [-0.1, -0.05) is 0 Å². The molecule has 0 fully saturated rings. The maximum atomic E-state index is 10.9. The van der Waals surface area contributed by atoms with E-state index in [1.165, 1.54) is 6.26 Å². The molecule has 1 aromatic rings. The first-order chi connectivity index (χ1) is 9.01. The Balaban J connectivity index is 2.07. The molecule has 5 nitrogen and oxygen atoms in total. The molecule has 0 aromatic heterocycles. The molecule has 0 aliphatic heterocycles. The molecule has 19 heavy (non-hydrogen) atoms. The maximum absolute atomic E-state index is 10.9. The van der Waals surface area contributed by atoms with E-state index in [0.29, 0.717) is 26.1 Å². The van der Waals surface area contributed by atoms with E-state index in [4.69, 9.17) is 9.47 Å². The summed E-state index contributed by atoms with van der Waals surface area (Å²) >= 11 is 0. The minimum atomic E-state index is -2.85. The van der Waals surface area contributed by atoms with E-state index >= 15 is 0 Å². The van der Waals surface area contributed by atoms with Crippen LogP contribution < -0.4 is 14.8 Å². The van der Waals surface area contributed by atoms with Crippen molar-refractivity contribution in [2.45, 2.75) is 6.42 Å². The van der Waals surface area contributed by atoms with Crippen LogP contribution in [0, 0.1) is 0 Å². The SMILES string of the molecule is COc1ccc(OCCNCCCS(C)(=O)=O)cc1. The van der Waals surface area contributed by atoms with Gasteiger partial charge in [-0.3, -0.25) is 0 Å². The molecule has 0 atom stereocenters. The average molecular weight is 287 g/mol. The zero-order valence-corrected chi connectivity index (χ0v) is 12.2. The molecule has 1 N–H and O–H groups in total. The lowest BCUT2D eigenvalue weighted by Gasteiger charge is -2.08. The largest absolute Gasteiger partial charge is 0.497 e. The zero-order chi connectivity index (χ0) is 14.1. The average Bonchev–Trinajstić information content (AvgIpc) is 2.37. The summed E-state index contributed by atoms with van der Waals surface area (Å²) < 4.78 is 32.4. The van der Waals surface area contributed by atoms with Crippen molar-refractivity contribution in [1.29, 1.82) is 0 Å². The third-order valence-corrected chi connectivity index (χ3v) is 3.51. The van der Waals surface area contributed by atoms with Gasteiger partial charge in [0.25, 0.3) is 0 Å². The highest BCUT2D eigenvalue weighted by molar-refractivity contribution is 7.90. The molecule has 108 valence electrons. The van der Waals surface area contributed by atoms with E-state index in [9.17, 15) is 8.42 Å². The fourth-order valence-corrected chi connectivity index (χ4v) is 2.17. The highest BCUT2D eigenvalue weighted by atomic mass is 32.2. The van der Waals surface area contributed by atoms with E-state index in [2.05, 4.69) is 5.32 Å². The predicted octanol–water partition coefficient (Wildman–Crippen LogP) is 1.10. The first-order valence-corrected chi connectivity index (χ1v) is 8.22. The number of benzene rings is 1. The highest BCUT2D eigenvalue weighted by Gasteiger charge is 2.00. The fourth-order valence-electron chi connectivity index (χ4n) is 1.50. The number of ether oxygens (including phenoxy) is 2. The second-order valence-corrected chi connectivity index (χ2v) is 6.52. The van der Waals surface area contributed by atoms with Gasteiger partial charge in [-0.2, -0.15) is 0 Å². The van der Waals surface area contributed by atoms with Crippen LogP contribution in [-0.4, -0.2) is 47.2 Å². The molecule has 6 heteroatoms. The molecule has 0 aliphatic carbocycles. The Labute approximate surface area is 114 Å². The summed E-state index contributed by atoms with van der Waals surface area (Å²) in [5, 5.41) is 3.14. The third-order valence-electron chi connectivity index (χ3n) is 2.48. The van der Waals surface area contributed by atoms with Gasteiger partial charge in [0.05, 0.1) is 12.9 Å². The van der Waals surface area contributed by atoms with Crippen LogP contribution in [0.4, 0.5) is 0 Å². The van der Waals surface area contributed by atoms with Gasteiger partial charge in [-0.15, -0.1) is 0 Å². The highest BCUT2D eigenvalue weighted by Crippen LogP contribution is 2.16. The molecule has 0 spiro atoms. The Bertz CT molecular complexity index is 456. The monoisotopic (exact) mass is 287 g/mol. The molecular formula is C13H21NO4S. The van der Waals surface area contributed by atoms with Crippen LogP contribution in [0.5, 0.6) is 11.5 Å². The number of hydrogen-bond donors (Lipinski definition) is 1. The molecule has 0 heterocycles. The van der Waals surface area contributed by atoms with E-state index in [0.717, 1.165) is 11.5 Å². The first kappa shape index (κ1) is 15.8. The number of sulfone groups is 1. The predicted molar refractivity (Wildman–Crippen MR) is 75.7 cm³/mol. The number of rotatable bonds is 9. The molecule has 0 saturated heterocycles. The quantitative estimate of drug-likeness (QED) is 0.689. The molecule has 0 amide bonds. The zero-order valence-electron chi connectivity index (χ0n) is 11.4. The normalized spacial score (nSPS) is 11.3. The molecule has 1 rings (SSSR count).